The number of benzene rings is 2. The molecule has 0 radical (unpaired) electrons. The molecule has 7 nitrogen and oxygen atoms in total. The van der Waals surface area contributed by atoms with Gasteiger partial charge < -0.3 is 10.1 Å². The van der Waals surface area contributed by atoms with Crippen molar-refractivity contribution in [3.63, 3.8) is 0 Å². The van der Waals surface area contributed by atoms with Crippen LogP contribution in [0.5, 0.6) is 0 Å². The van der Waals surface area contributed by atoms with E-state index in [1.54, 1.807) is 42.1 Å². The van der Waals surface area contributed by atoms with Crippen molar-refractivity contribution >= 4 is 27.7 Å². The number of amides is 1. The molecular weight excluding hydrogens is 465 g/mol. The molecule has 0 bridgehead atoms. The van der Waals surface area contributed by atoms with Gasteiger partial charge in [0.05, 0.1) is 24.2 Å². The number of rotatable bonds is 11. The Morgan fingerprint density at radius 3 is 2.42 bits per heavy atom. The molecule has 1 heterocycles. The van der Waals surface area contributed by atoms with E-state index in [1.165, 1.54) is 24.3 Å². The summed E-state index contributed by atoms with van der Waals surface area (Å²) in [6, 6.07) is 13.2. The van der Waals surface area contributed by atoms with Gasteiger partial charge in [-0.3, -0.25) is 9.69 Å². The van der Waals surface area contributed by atoms with Gasteiger partial charge in [-0.05, 0) is 48.3 Å². The smallest absolute Gasteiger partial charge is 0.241 e. The molecular formula is C23H30FN3O4S2. The summed E-state index contributed by atoms with van der Waals surface area (Å²) in [5, 5.41) is 2.92. The Balaban J connectivity index is 1.72. The fraction of sp³-hybridized carbons (Fsp3) is 0.435. The van der Waals surface area contributed by atoms with E-state index in [0.29, 0.717) is 38.5 Å². The molecule has 2 aromatic rings. The van der Waals surface area contributed by atoms with Gasteiger partial charge in [0.15, 0.2) is 0 Å². The number of carbonyl (C=O) groups is 1. The van der Waals surface area contributed by atoms with Gasteiger partial charge in [0.1, 0.15) is 11.9 Å². The Labute approximate surface area is 199 Å². The Hall–Kier alpha value is -1.98. The zero-order valence-electron chi connectivity index (χ0n) is 18.6. The van der Waals surface area contributed by atoms with E-state index < -0.39 is 16.1 Å². The average molecular weight is 496 g/mol. The molecule has 1 aliphatic heterocycles. The van der Waals surface area contributed by atoms with Crippen LogP contribution < -0.4 is 10.0 Å². The molecule has 180 valence electrons. The summed E-state index contributed by atoms with van der Waals surface area (Å²) in [5.41, 5.74) is 0.879. The summed E-state index contributed by atoms with van der Waals surface area (Å²) in [6.07, 6.45) is 2.27. The molecule has 10 heteroatoms. The molecule has 2 aromatic carbocycles. The number of carbonyl (C=O) groups excluding carboxylic acids is 1. The van der Waals surface area contributed by atoms with E-state index >= 15 is 0 Å². The van der Waals surface area contributed by atoms with Crippen LogP contribution in [0.3, 0.4) is 0 Å². The van der Waals surface area contributed by atoms with Gasteiger partial charge in [-0.2, -0.15) is 16.5 Å². The van der Waals surface area contributed by atoms with E-state index in [-0.39, 0.29) is 29.2 Å². The van der Waals surface area contributed by atoms with E-state index in [1.807, 2.05) is 6.26 Å². The van der Waals surface area contributed by atoms with Crippen molar-refractivity contribution in [2.45, 2.75) is 23.4 Å². The molecule has 1 saturated heterocycles. The van der Waals surface area contributed by atoms with Gasteiger partial charge in [-0.15, -0.1) is 0 Å². The Morgan fingerprint density at radius 2 is 1.79 bits per heavy atom. The fourth-order valence-corrected chi connectivity index (χ4v) is 5.41. The zero-order chi connectivity index (χ0) is 23.7. The lowest BCUT2D eigenvalue weighted by atomic mass is 10.0. The summed E-state index contributed by atoms with van der Waals surface area (Å²) in [5.74, 6) is -0.0832. The van der Waals surface area contributed by atoms with Crippen molar-refractivity contribution in [1.82, 2.24) is 14.9 Å². The van der Waals surface area contributed by atoms with Crippen molar-refractivity contribution in [3.05, 3.63) is 66.0 Å². The number of sulfonamides is 1. The van der Waals surface area contributed by atoms with Gasteiger partial charge in [-0.25, -0.2) is 12.8 Å². The van der Waals surface area contributed by atoms with Crippen LogP contribution in [0, 0.1) is 5.82 Å². The van der Waals surface area contributed by atoms with Crippen LogP contribution in [-0.2, 0) is 19.6 Å². The van der Waals surface area contributed by atoms with E-state index in [4.69, 9.17) is 4.74 Å². The predicted octanol–water partition coefficient (Wildman–Crippen LogP) is 2.42. The molecule has 2 atom stereocenters. The molecule has 1 aliphatic rings. The topological polar surface area (TPSA) is 87.7 Å². The Kier molecular flexibility index (Phi) is 9.69. The SMILES string of the molecule is CSCCC(NS(=O)(=O)c1ccccc1)C(=O)NCC(c1ccc(F)cc1)N1CCOCC1. The molecule has 0 aliphatic carbocycles. The van der Waals surface area contributed by atoms with E-state index in [2.05, 4.69) is 14.9 Å². The van der Waals surface area contributed by atoms with Crippen LogP contribution >= 0.6 is 11.8 Å². The third-order valence-electron chi connectivity index (χ3n) is 5.49. The molecule has 0 spiro atoms. The molecule has 0 saturated carbocycles. The molecule has 1 fully saturated rings. The van der Waals surface area contributed by atoms with Gasteiger partial charge in [0.2, 0.25) is 15.9 Å². The zero-order valence-corrected chi connectivity index (χ0v) is 20.2. The number of nitrogens with zero attached hydrogens (tertiary/aromatic N) is 1. The largest absolute Gasteiger partial charge is 0.379 e. The number of hydrogen-bond acceptors (Lipinski definition) is 6. The molecule has 1 amide bonds. The van der Waals surface area contributed by atoms with Crippen LogP contribution in [0.25, 0.3) is 0 Å². The number of morpholine rings is 1. The maximum absolute atomic E-state index is 13.5. The first kappa shape index (κ1) is 25.6. The summed E-state index contributed by atoms with van der Waals surface area (Å²) >= 11 is 1.54. The monoisotopic (exact) mass is 495 g/mol. The number of ether oxygens (including phenoxy) is 1. The first-order valence-electron chi connectivity index (χ1n) is 10.8. The van der Waals surface area contributed by atoms with Crippen LogP contribution in [-0.4, -0.2) is 70.1 Å². The quantitative estimate of drug-likeness (QED) is 0.498. The first-order valence-corrected chi connectivity index (χ1v) is 13.7. The molecule has 2 N–H and O–H groups in total. The van der Waals surface area contributed by atoms with Crippen LogP contribution in [0.15, 0.2) is 59.5 Å². The highest BCUT2D eigenvalue weighted by Gasteiger charge is 2.28. The maximum Gasteiger partial charge on any atom is 0.241 e. The normalized spacial score (nSPS) is 16.8. The third kappa shape index (κ3) is 7.51. The second-order valence-corrected chi connectivity index (χ2v) is 10.4. The minimum atomic E-state index is -3.84. The van der Waals surface area contributed by atoms with E-state index in [9.17, 15) is 17.6 Å². The number of nitrogens with one attached hydrogen (secondary N) is 2. The number of halogens is 1. The average Bonchev–Trinajstić information content (AvgIpc) is 2.84. The highest BCUT2D eigenvalue weighted by atomic mass is 32.2. The lowest BCUT2D eigenvalue weighted by molar-refractivity contribution is -0.123. The summed E-state index contributed by atoms with van der Waals surface area (Å²) in [6.45, 7) is 2.81. The van der Waals surface area contributed by atoms with Crippen molar-refractivity contribution in [2.75, 3.05) is 44.9 Å². The lowest BCUT2D eigenvalue weighted by Gasteiger charge is -2.35. The fourth-order valence-electron chi connectivity index (χ4n) is 3.69. The standard InChI is InChI=1S/C23H30FN3O4S2/c1-32-16-11-21(26-33(29,30)20-5-3-2-4-6-20)23(28)25-17-22(27-12-14-31-15-13-27)18-7-9-19(24)10-8-18/h2-10,21-22,26H,11-17H2,1H3,(H,25,28). The van der Waals surface area contributed by atoms with Crippen molar-refractivity contribution < 1.29 is 22.3 Å². The second kappa shape index (κ2) is 12.5. The van der Waals surface area contributed by atoms with Gasteiger partial charge in [0.25, 0.3) is 0 Å². The first-order chi connectivity index (χ1) is 15.9. The van der Waals surface area contributed by atoms with Crippen LogP contribution in [0.4, 0.5) is 4.39 Å². The van der Waals surface area contributed by atoms with Crippen molar-refractivity contribution in [3.8, 4) is 0 Å². The number of hydrogen-bond donors (Lipinski definition) is 2. The van der Waals surface area contributed by atoms with Crippen LogP contribution in [0.2, 0.25) is 0 Å². The summed E-state index contributed by atoms with van der Waals surface area (Å²) < 4.78 is 47.0. The maximum atomic E-state index is 13.5. The molecule has 2 unspecified atom stereocenters. The van der Waals surface area contributed by atoms with Crippen molar-refractivity contribution in [2.24, 2.45) is 0 Å². The molecule has 33 heavy (non-hydrogen) atoms. The minimum absolute atomic E-state index is 0.115. The number of thioether (sulfide) groups is 1. The summed E-state index contributed by atoms with van der Waals surface area (Å²) in [4.78, 5) is 15.4. The predicted molar refractivity (Wildman–Crippen MR) is 128 cm³/mol. The van der Waals surface area contributed by atoms with Gasteiger partial charge in [-0.1, -0.05) is 30.3 Å². The third-order valence-corrected chi connectivity index (χ3v) is 7.62. The Morgan fingerprint density at radius 1 is 1.12 bits per heavy atom. The van der Waals surface area contributed by atoms with Crippen molar-refractivity contribution in [1.29, 1.82) is 0 Å². The lowest BCUT2D eigenvalue weighted by Crippen LogP contribution is -2.50. The van der Waals surface area contributed by atoms with Gasteiger partial charge in [0, 0.05) is 19.6 Å². The molecule has 0 aromatic heterocycles. The summed E-state index contributed by atoms with van der Waals surface area (Å²) in [7, 11) is -3.84. The molecule has 3 rings (SSSR count). The Bertz CT molecular complexity index is 985. The van der Waals surface area contributed by atoms with E-state index in [0.717, 1.165) is 5.56 Å². The highest BCUT2D eigenvalue weighted by Crippen LogP contribution is 2.22. The minimum Gasteiger partial charge on any atom is -0.379 e. The van der Waals surface area contributed by atoms with Crippen LogP contribution in [0.1, 0.15) is 18.0 Å². The highest BCUT2D eigenvalue weighted by molar-refractivity contribution is 7.98. The second-order valence-electron chi connectivity index (χ2n) is 7.73. The van der Waals surface area contributed by atoms with Gasteiger partial charge >= 0.3 is 0 Å².